The molecule has 3 aromatic rings. The molecule has 0 atom stereocenters. The number of carbonyl (C=O) groups excluding carboxylic acids is 1. The molecule has 192 valence electrons. The van der Waals surface area contributed by atoms with Gasteiger partial charge in [-0.05, 0) is 32.0 Å². The molecule has 0 saturated heterocycles. The van der Waals surface area contributed by atoms with Crippen LogP contribution in [0.4, 0.5) is 17.2 Å². The average Bonchev–Trinajstić information content (AvgIpc) is 2.78. The Morgan fingerprint density at radius 2 is 1.83 bits per heavy atom. The van der Waals surface area contributed by atoms with Gasteiger partial charge in [0.05, 0.1) is 28.5 Å². The smallest absolute Gasteiger partial charge is 0.222 e. The van der Waals surface area contributed by atoms with Gasteiger partial charge < -0.3 is 25.2 Å². The first-order chi connectivity index (χ1) is 16.9. The van der Waals surface area contributed by atoms with Crippen molar-refractivity contribution in [3.05, 3.63) is 54.4 Å². The minimum atomic E-state index is -3.53. The highest BCUT2D eigenvalue weighted by atomic mass is 32.2. The van der Waals surface area contributed by atoms with Gasteiger partial charge in [-0.1, -0.05) is 6.07 Å². The number of sulfone groups is 1. The minimum absolute atomic E-state index is 0.0743. The second-order valence-electron chi connectivity index (χ2n) is 8.72. The molecule has 0 fully saturated rings. The third-order valence-electron chi connectivity index (χ3n) is 5.10. The van der Waals surface area contributed by atoms with E-state index in [0.717, 1.165) is 6.26 Å². The molecule has 2 heterocycles. The summed E-state index contributed by atoms with van der Waals surface area (Å²) < 4.78 is 35.3. The van der Waals surface area contributed by atoms with Gasteiger partial charge in [-0.3, -0.25) is 9.78 Å². The van der Waals surface area contributed by atoms with Crippen molar-refractivity contribution >= 4 is 32.9 Å². The van der Waals surface area contributed by atoms with E-state index in [4.69, 9.17) is 9.47 Å². The van der Waals surface area contributed by atoms with Crippen LogP contribution in [0.1, 0.15) is 26.3 Å². The molecule has 0 radical (unpaired) electrons. The topological polar surface area (TPSA) is 140 Å². The van der Waals surface area contributed by atoms with Gasteiger partial charge in [-0.15, -0.1) is 0 Å². The van der Waals surface area contributed by atoms with Gasteiger partial charge in [0.1, 0.15) is 18.2 Å². The van der Waals surface area contributed by atoms with Crippen LogP contribution >= 0.6 is 0 Å². The molecule has 1 amide bonds. The Bertz CT molecular complexity index is 1340. The minimum Gasteiger partial charge on any atom is -0.491 e. The first-order valence-electron chi connectivity index (χ1n) is 11.1. The van der Waals surface area contributed by atoms with Crippen LogP contribution in [0.25, 0.3) is 11.3 Å². The van der Waals surface area contributed by atoms with Gasteiger partial charge >= 0.3 is 0 Å². The highest BCUT2D eigenvalue weighted by molar-refractivity contribution is 7.90. The van der Waals surface area contributed by atoms with E-state index in [1.54, 1.807) is 57.6 Å². The number of aliphatic hydroxyl groups is 1. The van der Waals surface area contributed by atoms with Crippen molar-refractivity contribution in [2.45, 2.75) is 31.3 Å². The van der Waals surface area contributed by atoms with Gasteiger partial charge in [-0.25, -0.2) is 13.4 Å². The molecule has 0 bridgehead atoms. The average molecular weight is 515 g/mol. The molecular weight excluding hydrogens is 484 g/mol. The number of rotatable bonds is 10. The SMILES string of the molecule is COCCOc1cc(Nc2cc(NC(C)=O)ncc2-c2ccc(C(C)(C)O)cn2)cc(S(C)(=O)=O)c1. The summed E-state index contributed by atoms with van der Waals surface area (Å²) >= 11 is 0. The van der Waals surface area contributed by atoms with Gasteiger partial charge in [0.25, 0.3) is 0 Å². The lowest BCUT2D eigenvalue weighted by molar-refractivity contribution is -0.114. The van der Waals surface area contributed by atoms with Crippen LogP contribution in [-0.4, -0.2) is 56.0 Å². The molecule has 3 rings (SSSR count). The summed E-state index contributed by atoms with van der Waals surface area (Å²) in [7, 11) is -1.99. The zero-order valence-corrected chi connectivity index (χ0v) is 21.6. The summed E-state index contributed by atoms with van der Waals surface area (Å²) in [6.45, 7) is 5.29. The maximum absolute atomic E-state index is 12.3. The van der Waals surface area contributed by atoms with E-state index in [-0.39, 0.29) is 17.4 Å². The summed E-state index contributed by atoms with van der Waals surface area (Å²) in [6, 6.07) is 9.74. The van der Waals surface area contributed by atoms with Crippen LogP contribution in [0.2, 0.25) is 0 Å². The van der Waals surface area contributed by atoms with Crippen molar-refractivity contribution < 1.29 is 27.8 Å². The van der Waals surface area contributed by atoms with Crippen molar-refractivity contribution in [3.8, 4) is 17.0 Å². The predicted octanol–water partition coefficient (Wildman–Crippen LogP) is 3.50. The molecule has 10 nitrogen and oxygen atoms in total. The molecule has 0 aliphatic carbocycles. The first kappa shape index (κ1) is 27.1. The summed E-state index contributed by atoms with van der Waals surface area (Å²) in [5.41, 5.74) is 1.71. The van der Waals surface area contributed by atoms with Gasteiger partial charge in [0.2, 0.25) is 5.91 Å². The Morgan fingerprint density at radius 1 is 1.08 bits per heavy atom. The number of methoxy groups -OCH3 is 1. The molecule has 0 aliphatic rings. The highest BCUT2D eigenvalue weighted by Crippen LogP contribution is 2.33. The Labute approximate surface area is 210 Å². The zero-order valence-electron chi connectivity index (χ0n) is 20.8. The van der Waals surface area contributed by atoms with Crippen molar-refractivity contribution in [1.82, 2.24) is 9.97 Å². The highest BCUT2D eigenvalue weighted by Gasteiger charge is 2.18. The fourth-order valence-electron chi connectivity index (χ4n) is 3.27. The number of aromatic nitrogens is 2. The van der Waals surface area contributed by atoms with E-state index in [0.29, 0.717) is 46.4 Å². The van der Waals surface area contributed by atoms with Crippen molar-refractivity contribution in [2.75, 3.05) is 37.2 Å². The van der Waals surface area contributed by atoms with Crippen molar-refractivity contribution in [1.29, 1.82) is 0 Å². The van der Waals surface area contributed by atoms with Crippen LogP contribution in [0.3, 0.4) is 0 Å². The molecular formula is C25H30N4O6S. The first-order valence-corrected chi connectivity index (χ1v) is 13.0. The third kappa shape index (κ3) is 7.23. The molecule has 0 saturated carbocycles. The summed E-state index contributed by atoms with van der Waals surface area (Å²) in [4.78, 5) is 20.4. The fraction of sp³-hybridized carbons (Fsp3) is 0.320. The molecule has 2 aromatic heterocycles. The molecule has 11 heteroatoms. The standard InChI is InChI=1S/C25H30N4O6S/c1-16(30)28-24-13-23(21(15-27-24)22-7-6-17(14-26-22)25(2,3)31)29-18-10-19(35-9-8-34-4)12-20(11-18)36(5,32)33/h6-7,10-15,31H,8-9H2,1-5H3,(H2,27,28,29,30). The van der Waals surface area contributed by atoms with Gasteiger partial charge in [0, 0.05) is 61.6 Å². The van der Waals surface area contributed by atoms with E-state index >= 15 is 0 Å². The number of carbonyl (C=O) groups is 1. The number of ether oxygens (including phenoxy) is 2. The Balaban J connectivity index is 2.07. The van der Waals surface area contributed by atoms with Crippen LogP contribution in [0.5, 0.6) is 5.75 Å². The summed E-state index contributed by atoms with van der Waals surface area (Å²) in [5.74, 6) is 0.363. The van der Waals surface area contributed by atoms with E-state index in [1.807, 2.05) is 0 Å². The van der Waals surface area contributed by atoms with Gasteiger partial charge in [0.15, 0.2) is 9.84 Å². The van der Waals surface area contributed by atoms with Crippen molar-refractivity contribution in [2.24, 2.45) is 0 Å². The fourth-order valence-corrected chi connectivity index (χ4v) is 3.94. The quantitative estimate of drug-likeness (QED) is 0.347. The van der Waals surface area contributed by atoms with E-state index in [2.05, 4.69) is 20.6 Å². The van der Waals surface area contributed by atoms with Crippen LogP contribution in [-0.2, 0) is 25.0 Å². The molecule has 0 spiro atoms. The molecule has 3 N–H and O–H groups in total. The Morgan fingerprint density at radius 3 is 2.42 bits per heavy atom. The van der Waals surface area contributed by atoms with Crippen LogP contribution in [0, 0.1) is 0 Å². The van der Waals surface area contributed by atoms with E-state index in [1.165, 1.54) is 19.1 Å². The maximum Gasteiger partial charge on any atom is 0.222 e. The van der Waals surface area contributed by atoms with Gasteiger partial charge in [-0.2, -0.15) is 0 Å². The lowest BCUT2D eigenvalue weighted by Crippen LogP contribution is -2.15. The zero-order chi connectivity index (χ0) is 26.5. The Kier molecular flexibility index (Phi) is 8.28. The van der Waals surface area contributed by atoms with E-state index < -0.39 is 15.4 Å². The van der Waals surface area contributed by atoms with E-state index in [9.17, 15) is 18.3 Å². The number of amides is 1. The summed E-state index contributed by atoms with van der Waals surface area (Å²) in [6.07, 6.45) is 4.24. The lowest BCUT2D eigenvalue weighted by atomic mass is 9.99. The number of hydrogen-bond acceptors (Lipinski definition) is 9. The number of benzene rings is 1. The second kappa shape index (κ2) is 11.0. The number of pyridine rings is 2. The van der Waals surface area contributed by atoms with Crippen LogP contribution in [0.15, 0.2) is 53.7 Å². The monoisotopic (exact) mass is 514 g/mol. The Hall–Kier alpha value is -3.54. The number of nitrogens with one attached hydrogen (secondary N) is 2. The van der Waals surface area contributed by atoms with Crippen LogP contribution < -0.4 is 15.4 Å². The summed E-state index contributed by atoms with van der Waals surface area (Å²) in [5, 5.41) is 16.1. The number of hydrogen-bond donors (Lipinski definition) is 3. The normalized spacial score (nSPS) is 11.7. The predicted molar refractivity (Wildman–Crippen MR) is 137 cm³/mol. The van der Waals surface area contributed by atoms with Crippen molar-refractivity contribution in [3.63, 3.8) is 0 Å². The largest absolute Gasteiger partial charge is 0.491 e. The number of nitrogens with zero attached hydrogens (tertiary/aromatic N) is 2. The molecule has 0 unspecified atom stereocenters. The number of anilines is 3. The lowest BCUT2D eigenvalue weighted by Gasteiger charge is -2.18. The molecule has 36 heavy (non-hydrogen) atoms. The second-order valence-corrected chi connectivity index (χ2v) is 10.7. The maximum atomic E-state index is 12.3. The molecule has 0 aliphatic heterocycles. The third-order valence-corrected chi connectivity index (χ3v) is 6.19. The molecule has 1 aromatic carbocycles.